The smallest absolute Gasteiger partial charge is 0.387 e. The lowest BCUT2D eigenvalue weighted by Gasteiger charge is -1.95. The molecule has 6 nitrogen and oxygen atoms in total. The minimum atomic E-state index is -0.0113. The fourth-order valence-corrected chi connectivity index (χ4v) is 0.875. The van der Waals surface area contributed by atoms with E-state index in [4.69, 9.17) is 21.0 Å². The Bertz CT molecular complexity index is 276. The van der Waals surface area contributed by atoms with Gasteiger partial charge in [0, 0.05) is 12.8 Å². The van der Waals surface area contributed by atoms with Crippen molar-refractivity contribution in [3.05, 3.63) is 33.9 Å². The molecular formula is C8H12N4O2+2. The van der Waals surface area contributed by atoms with E-state index >= 15 is 0 Å². The lowest BCUT2D eigenvalue weighted by Crippen LogP contribution is -1.84. The van der Waals surface area contributed by atoms with E-state index in [0.29, 0.717) is 25.7 Å². The third-order valence-electron chi connectivity index (χ3n) is 1.53. The van der Waals surface area contributed by atoms with Crippen molar-refractivity contribution in [2.75, 3.05) is 0 Å². The summed E-state index contributed by atoms with van der Waals surface area (Å²) in [6.07, 6.45) is 3.96. The van der Waals surface area contributed by atoms with Crippen molar-refractivity contribution in [3.8, 4) is 0 Å². The number of allylic oxidation sites excluding steroid dienone is 2. The van der Waals surface area contributed by atoms with Crippen molar-refractivity contribution in [3.63, 3.8) is 0 Å². The van der Waals surface area contributed by atoms with Gasteiger partial charge in [0.25, 0.3) is 0 Å². The molecule has 0 aliphatic carbocycles. The molecule has 74 valence electrons. The van der Waals surface area contributed by atoms with Gasteiger partial charge < -0.3 is 10.2 Å². The lowest BCUT2D eigenvalue weighted by atomic mass is 10.1. The van der Waals surface area contributed by atoms with Gasteiger partial charge in [-0.05, 0) is 12.8 Å². The van der Waals surface area contributed by atoms with Crippen LogP contribution in [-0.4, -0.2) is 10.2 Å². The highest BCUT2D eigenvalue weighted by Crippen LogP contribution is 2.09. The second-order valence-corrected chi connectivity index (χ2v) is 2.68. The number of aliphatic hydroxyl groups is 2. The number of rotatable bonds is 5. The Kier molecular flexibility index (Phi) is 6.44. The summed E-state index contributed by atoms with van der Waals surface area (Å²) in [5, 5.41) is 34.1. The zero-order valence-electron chi connectivity index (χ0n) is 7.67. The quantitative estimate of drug-likeness (QED) is 0.401. The largest absolute Gasteiger partial charge is 0.505 e. The molecule has 0 aliphatic heterocycles. The second kappa shape index (κ2) is 7.56. The van der Waals surface area contributed by atoms with Crippen molar-refractivity contribution >= 4 is 0 Å². The molecule has 2 N–H and O–H groups in total. The summed E-state index contributed by atoms with van der Waals surface area (Å²) >= 11 is 0. The molecule has 0 aromatic heterocycles. The molecular weight excluding hydrogens is 184 g/mol. The van der Waals surface area contributed by atoms with Crippen LogP contribution in [0.15, 0.2) is 23.9 Å². The first-order valence-corrected chi connectivity index (χ1v) is 4.15. The second-order valence-electron chi connectivity index (χ2n) is 2.68. The molecule has 0 fully saturated rings. The molecule has 0 aromatic carbocycles. The van der Waals surface area contributed by atoms with Crippen LogP contribution in [-0.2, 0) is 0 Å². The Morgan fingerprint density at radius 1 is 0.929 bits per heavy atom. The number of unbranched alkanes of at least 4 members (excludes halogenated alkanes) is 1. The van der Waals surface area contributed by atoms with Gasteiger partial charge >= 0.3 is 12.4 Å². The summed E-state index contributed by atoms with van der Waals surface area (Å²) in [5.74, 6) is -0.0226. The van der Waals surface area contributed by atoms with E-state index in [1.165, 1.54) is 0 Å². The molecule has 0 radical (unpaired) electrons. The number of nitrogens with zero attached hydrogens (tertiary/aromatic N) is 4. The van der Waals surface area contributed by atoms with Gasteiger partial charge in [-0.25, -0.2) is 0 Å². The number of hydrogen-bond acceptors (Lipinski definition) is 4. The normalized spacial score (nSPS) is 11.9. The molecule has 0 heterocycles. The van der Waals surface area contributed by atoms with Crippen molar-refractivity contribution < 1.29 is 10.2 Å². The SMILES string of the molecule is N#[N+]/C=C(\O)CCCC/C(O)=C/[N+]#N. The van der Waals surface area contributed by atoms with E-state index in [0.717, 1.165) is 12.4 Å². The molecule has 0 aliphatic rings. The summed E-state index contributed by atoms with van der Waals surface area (Å²) in [6.45, 7) is 0. The standard InChI is InChI=1S/C8H10N4O2/c9-11-5-7(13)3-1-2-4-8(14)6-12-10/h5-6H,1-4H2/p+2/b7-5-,8-6-. The van der Waals surface area contributed by atoms with Gasteiger partial charge in [-0.2, -0.15) is 0 Å². The summed E-state index contributed by atoms with van der Waals surface area (Å²) in [5.41, 5.74) is 0. The van der Waals surface area contributed by atoms with E-state index < -0.39 is 0 Å². The van der Waals surface area contributed by atoms with Crippen LogP contribution < -0.4 is 0 Å². The first-order chi connectivity index (χ1) is 6.70. The van der Waals surface area contributed by atoms with Crippen LogP contribution in [0.4, 0.5) is 0 Å². The maximum absolute atomic E-state index is 8.99. The summed E-state index contributed by atoms with van der Waals surface area (Å²) in [4.78, 5) is 5.32. The molecule has 0 atom stereocenters. The maximum atomic E-state index is 8.99. The van der Waals surface area contributed by atoms with Gasteiger partial charge in [0.05, 0.1) is 0 Å². The van der Waals surface area contributed by atoms with Crippen LogP contribution in [0.2, 0.25) is 0 Å². The fourth-order valence-electron chi connectivity index (χ4n) is 0.875. The highest BCUT2D eigenvalue weighted by molar-refractivity contribution is 4.97. The molecule has 0 aromatic rings. The number of hydrogen-bond donors (Lipinski definition) is 2. The molecule has 0 amide bonds. The van der Waals surface area contributed by atoms with Crippen LogP contribution in [0.1, 0.15) is 25.7 Å². The Labute approximate surface area is 81.4 Å². The fraction of sp³-hybridized carbons (Fsp3) is 0.500. The van der Waals surface area contributed by atoms with Crippen molar-refractivity contribution in [1.29, 1.82) is 10.8 Å². The molecule has 0 unspecified atom stereocenters. The molecule has 0 saturated carbocycles. The van der Waals surface area contributed by atoms with E-state index in [9.17, 15) is 0 Å². The summed E-state index contributed by atoms with van der Waals surface area (Å²) in [7, 11) is 0. The lowest BCUT2D eigenvalue weighted by molar-refractivity contribution is 0.364. The van der Waals surface area contributed by atoms with Crippen LogP contribution in [0, 0.1) is 10.8 Å². The summed E-state index contributed by atoms with van der Waals surface area (Å²) < 4.78 is 0. The van der Waals surface area contributed by atoms with E-state index in [1.807, 2.05) is 0 Å². The van der Waals surface area contributed by atoms with Crippen LogP contribution >= 0.6 is 0 Å². The first-order valence-electron chi connectivity index (χ1n) is 4.15. The predicted molar refractivity (Wildman–Crippen MR) is 50.1 cm³/mol. The van der Waals surface area contributed by atoms with Gasteiger partial charge in [-0.15, -0.1) is 0 Å². The summed E-state index contributed by atoms with van der Waals surface area (Å²) in [6, 6.07) is 0. The third-order valence-corrected chi connectivity index (χ3v) is 1.53. The van der Waals surface area contributed by atoms with E-state index in [1.54, 1.807) is 0 Å². The topological polar surface area (TPSA) is 96.8 Å². The zero-order valence-corrected chi connectivity index (χ0v) is 7.67. The highest BCUT2D eigenvalue weighted by atomic mass is 16.3. The monoisotopic (exact) mass is 196 g/mol. The van der Waals surface area contributed by atoms with Gasteiger partial charge in [0.2, 0.25) is 10.8 Å². The van der Waals surface area contributed by atoms with Gasteiger partial charge in [0.1, 0.15) is 0 Å². The van der Waals surface area contributed by atoms with Crippen molar-refractivity contribution in [1.82, 2.24) is 0 Å². The molecule has 0 saturated heterocycles. The highest BCUT2D eigenvalue weighted by Gasteiger charge is 2.02. The first kappa shape index (κ1) is 11.9. The Morgan fingerprint density at radius 2 is 1.29 bits per heavy atom. The van der Waals surface area contributed by atoms with E-state index in [2.05, 4.69) is 9.95 Å². The van der Waals surface area contributed by atoms with Crippen molar-refractivity contribution in [2.45, 2.75) is 25.7 Å². The van der Waals surface area contributed by atoms with Crippen LogP contribution in [0.5, 0.6) is 0 Å². The van der Waals surface area contributed by atoms with Gasteiger partial charge in [-0.1, -0.05) is 0 Å². The number of diazo groups is 2. The molecule has 6 heteroatoms. The predicted octanol–water partition coefficient (Wildman–Crippen LogP) is 3.05. The minimum Gasteiger partial charge on any atom is -0.505 e. The van der Waals surface area contributed by atoms with E-state index in [-0.39, 0.29) is 11.5 Å². The zero-order chi connectivity index (χ0) is 10.8. The minimum absolute atomic E-state index is 0.0113. The van der Waals surface area contributed by atoms with Crippen molar-refractivity contribution in [2.24, 2.45) is 0 Å². The number of aliphatic hydroxyl groups excluding tert-OH is 2. The third kappa shape index (κ3) is 6.62. The molecule has 0 rings (SSSR count). The van der Waals surface area contributed by atoms with Crippen LogP contribution in [0.25, 0.3) is 9.95 Å². The van der Waals surface area contributed by atoms with Gasteiger partial charge in [-0.3, -0.25) is 0 Å². The Hall–Kier alpha value is -2.08. The molecule has 0 bridgehead atoms. The Balaban J connectivity index is 3.59. The van der Waals surface area contributed by atoms with Crippen LogP contribution in [0.3, 0.4) is 0 Å². The van der Waals surface area contributed by atoms with Gasteiger partial charge in [0.15, 0.2) is 21.5 Å². The molecule has 0 spiro atoms. The maximum Gasteiger partial charge on any atom is 0.387 e. The Morgan fingerprint density at radius 3 is 1.57 bits per heavy atom. The average Bonchev–Trinajstić information content (AvgIpc) is 2.13. The average molecular weight is 196 g/mol. The molecule has 14 heavy (non-hydrogen) atoms.